The Labute approximate surface area is 101 Å². The van der Waals surface area contributed by atoms with Crippen LogP contribution < -0.4 is 10.1 Å². The van der Waals surface area contributed by atoms with E-state index in [1.807, 2.05) is 36.9 Å². The number of hydrogen-bond donors (Lipinski definition) is 1. The summed E-state index contributed by atoms with van der Waals surface area (Å²) in [7, 11) is 0. The molecule has 0 aromatic carbocycles. The first-order valence-electron chi connectivity index (χ1n) is 5.67. The van der Waals surface area contributed by atoms with Gasteiger partial charge in [0.2, 0.25) is 5.88 Å². The van der Waals surface area contributed by atoms with Gasteiger partial charge in [-0.25, -0.2) is 0 Å². The third-order valence-electron chi connectivity index (χ3n) is 2.85. The minimum Gasteiger partial charge on any atom is -0.478 e. The molecule has 4 heteroatoms. The fourth-order valence-electron chi connectivity index (χ4n) is 1.59. The molecule has 0 radical (unpaired) electrons. The van der Waals surface area contributed by atoms with Gasteiger partial charge in [0.1, 0.15) is 5.82 Å². The summed E-state index contributed by atoms with van der Waals surface area (Å²) in [5, 5.41) is 3.39. The van der Waals surface area contributed by atoms with E-state index in [4.69, 9.17) is 4.74 Å². The average molecular weight is 238 g/mol. The summed E-state index contributed by atoms with van der Waals surface area (Å²) in [4.78, 5) is 4.39. The van der Waals surface area contributed by atoms with Crippen LogP contribution in [0.1, 0.15) is 19.8 Å². The van der Waals surface area contributed by atoms with Gasteiger partial charge < -0.3 is 10.1 Å². The fraction of sp³-hybridized carbons (Fsp3) is 0.583. The zero-order valence-corrected chi connectivity index (χ0v) is 10.6. The number of thioether (sulfide) groups is 1. The minimum absolute atomic E-state index is 0.462. The SMILES string of the molecule is CCOc1cccc(NCC2(SC)CC2)n1. The van der Waals surface area contributed by atoms with Crippen molar-refractivity contribution in [2.75, 3.05) is 24.7 Å². The zero-order chi connectivity index (χ0) is 11.4. The summed E-state index contributed by atoms with van der Waals surface area (Å²) in [6.07, 6.45) is 4.80. The molecule has 1 aromatic heterocycles. The molecule has 0 saturated heterocycles. The molecule has 1 heterocycles. The molecular weight excluding hydrogens is 220 g/mol. The van der Waals surface area contributed by atoms with Crippen molar-refractivity contribution in [3.8, 4) is 5.88 Å². The summed E-state index contributed by atoms with van der Waals surface area (Å²) in [5.74, 6) is 1.60. The molecule has 0 atom stereocenters. The van der Waals surface area contributed by atoms with Crippen LogP contribution in [-0.4, -0.2) is 29.1 Å². The van der Waals surface area contributed by atoms with Crippen molar-refractivity contribution in [2.45, 2.75) is 24.5 Å². The van der Waals surface area contributed by atoms with Gasteiger partial charge in [-0.05, 0) is 32.1 Å². The molecule has 1 N–H and O–H groups in total. The first-order valence-corrected chi connectivity index (χ1v) is 6.89. The maximum Gasteiger partial charge on any atom is 0.215 e. The van der Waals surface area contributed by atoms with Crippen LogP contribution in [-0.2, 0) is 0 Å². The van der Waals surface area contributed by atoms with Crippen molar-refractivity contribution < 1.29 is 4.74 Å². The van der Waals surface area contributed by atoms with E-state index in [0.29, 0.717) is 17.2 Å². The van der Waals surface area contributed by atoms with E-state index in [9.17, 15) is 0 Å². The molecular formula is C12H18N2OS. The predicted molar refractivity (Wildman–Crippen MR) is 69.4 cm³/mol. The molecule has 1 fully saturated rings. The van der Waals surface area contributed by atoms with Crippen LogP contribution in [0.15, 0.2) is 18.2 Å². The quantitative estimate of drug-likeness (QED) is 0.826. The maximum absolute atomic E-state index is 5.36. The Morgan fingerprint density at radius 3 is 2.94 bits per heavy atom. The van der Waals surface area contributed by atoms with Gasteiger partial charge in [0.15, 0.2) is 0 Å². The lowest BCUT2D eigenvalue weighted by Gasteiger charge is -2.13. The Bertz CT molecular complexity index is 353. The van der Waals surface area contributed by atoms with Gasteiger partial charge >= 0.3 is 0 Å². The number of ether oxygens (including phenoxy) is 1. The number of aromatic nitrogens is 1. The highest BCUT2D eigenvalue weighted by atomic mass is 32.2. The number of rotatable bonds is 6. The van der Waals surface area contributed by atoms with E-state index >= 15 is 0 Å². The van der Waals surface area contributed by atoms with Gasteiger partial charge in [0, 0.05) is 17.4 Å². The fourth-order valence-corrected chi connectivity index (χ4v) is 2.31. The first-order chi connectivity index (χ1) is 7.78. The monoisotopic (exact) mass is 238 g/mol. The summed E-state index contributed by atoms with van der Waals surface area (Å²) < 4.78 is 5.83. The molecule has 88 valence electrons. The number of nitrogens with one attached hydrogen (secondary N) is 1. The summed E-state index contributed by atoms with van der Waals surface area (Å²) in [5.41, 5.74) is 0. The van der Waals surface area contributed by atoms with E-state index in [1.165, 1.54) is 12.8 Å². The van der Waals surface area contributed by atoms with E-state index in [-0.39, 0.29) is 0 Å². The third kappa shape index (κ3) is 2.82. The van der Waals surface area contributed by atoms with Crippen LogP contribution in [0.2, 0.25) is 0 Å². The smallest absolute Gasteiger partial charge is 0.215 e. The minimum atomic E-state index is 0.462. The van der Waals surface area contributed by atoms with Crippen LogP contribution in [0.3, 0.4) is 0 Å². The molecule has 0 bridgehead atoms. The van der Waals surface area contributed by atoms with Crippen molar-refractivity contribution in [2.24, 2.45) is 0 Å². The van der Waals surface area contributed by atoms with Crippen molar-refractivity contribution in [3.05, 3.63) is 18.2 Å². The molecule has 1 aliphatic carbocycles. The first kappa shape index (κ1) is 11.6. The number of pyridine rings is 1. The Hall–Kier alpha value is -0.900. The number of nitrogens with zero attached hydrogens (tertiary/aromatic N) is 1. The predicted octanol–water partition coefficient (Wildman–Crippen LogP) is 2.79. The normalized spacial score (nSPS) is 16.9. The largest absolute Gasteiger partial charge is 0.478 e. The average Bonchev–Trinajstić information content (AvgIpc) is 3.08. The molecule has 0 aliphatic heterocycles. The van der Waals surface area contributed by atoms with Crippen LogP contribution in [0.5, 0.6) is 5.88 Å². The Balaban J connectivity index is 1.91. The second-order valence-electron chi connectivity index (χ2n) is 4.03. The lowest BCUT2D eigenvalue weighted by Crippen LogP contribution is -2.18. The maximum atomic E-state index is 5.36. The van der Waals surface area contributed by atoms with E-state index in [0.717, 1.165) is 12.4 Å². The molecule has 1 aromatic rings. The van der Waals surface area contributed by atoms with Crippen LogP contribution >= 0.6 is 11.8 Å². The molecule has 1 aliphatic rings. The second kappa shape index (κ2) is 4.95. The summed E-state index contributed by atoms with van der Waals surface area (Å²) >= 11 is 1.95. The highest BCUT2D eigenvalue weighted by molar-refractivity contribution is 8.00. The van der Waals surface area contributed by atoms with Crippen LogP contribution in [0.25, 0.3) is 0 Å². The molecule has 0 amide bonds. The summed E-state index contributed by atoms with van der Waals surface area (Å²) in [6, 6.07) is 5.84. The summed E-state index contributed by atoms with van der Waals surface area (Å²) in [6.45, 7) is 3.62. The number of anilines is 1. The Kier molecular flexibility index (Phi) is 3.59. The van der Waals surface area contributed by atoms with Gasteiger partial charge in [0.05, 0.1) is 6.61 Å². The van der Waals surface area contributed by atoms with Crippen molar-refractivity contribution in [3.63, 3.8) is 0 Å². The highest BCUT2D eigenvalue weighted by Crippen LogP contribution is 2.46. The van der Waals surface area contributed by atoms with Gasteiger partial charge in [-0.1, -0.05) is 6.07 Å². The molecule has 0 unspecified atom stereocenters. The zero-order valence-electron chi connectivity index (χ0n) is 9.82. The molecule has 16 heavy (non-hydrogen) atoms. The van der Waals surface area contributed by atoms with Gasteiger partial charge in [-0.2, -0.15) is 16.7 Å². The molecule has 1 saturated carbocycles. The topological polar surface area (TPSA) is 34.1 Å². The van der Waals surface area contributed by atoms with Gasteiger partial charge in [0.25, 0.3) is 0 Å². The third-order valence-corrected chi connectivity index (χ3v) is 4.27. The van der Waals surface area contributed by atoms with Crippen LogP contribution in [0.4, 0.5) is 5.82 Å². The van der Waals surface area contributed by atoms with Crippen molar-refractivity contribution in [1.82, 2.24) is 4.98 Å². The molecule has 2 rings (SSSR count). The van der Waals surface area contributed by atoms with Gasteiger partial charge in [-0.15, -0.1) is 0 Å². The Morgan fingerprint density at radius 1 is 1.50 bits per heavy atom. The number of hydrogen-bond acceptors (Lipinski definition) is 4. The second-order valence-corrected chi connectivity index (χ2v) is 5.31. The van der Waals surface area contributed by atoms with Gasteiger partial charge in [-0.3, -0.25) is 0 Å². The highest BCUT2D eigenvalue weighted by Gasteiger charge is 2.41. The molecule has 3 nitrogen and oxygen atoms in total. The van der Waals surface area contributed by atoms with Crippen molar-refractivity contribution >= 4 is 17.6 Å². The van der Waals surface area contributed by atoms with E-state index in [2.05, 4.69) is 16.6 Å². The standard InChI is InChI=1S/C12H18N2OS/c1-3-15-11-6-4-5-10(14-11)13-9-12(16-2)7-8-12/h4-6H,3,7-9H2,1-2H3,(H,13,14). The van der Waals surface area contributed by atoms with Crippen molar-refractivity contribution in [1.29, 1.82) is 0 Å². The lowest BCUT2D eigenvalue weighted by atomic mass is 10.4. The van der Waals surface area contributed by atoms with E-state index < -0.39 is 0 Å². The molecule has 0 spiro atoms. The van der Waals surface area contributed by atoms with E-state index in [1.54, 1.807) is 0 Å². The lowest BCUT2D eigenvalue weighted by molar-refractivity contribution is 0.327. The Morgan fingerprint density at radius 2 is 2.31 bits per heavy atom. The van der Waals surface area contributed by atoms with Crippen LogP contribution in [0, 0.1) is 0 Å².